The highest BCUT2D eigenvalue weighted by Crippen LogP contribution is 2.12. The van der Waals surface area contributed by atoms with Crippen molar-refractivity contribution in [2.45, 2.75) is 0 Å². The van der Waals surface area contributed by atoms with Gasteiger partial charge in [0.1, 0.15) is 11.7 Å². The van der Waals surface area contributed by atoms with Gasteiger partial charge in [-0.05, 0) is 60.7 Å². The summed E-state index contributed by atoms with van der Waals surface area (Å²) in [5, 5.41) is 21.2. The van der Waals surface area contributed by atoms with Crippen LogP contribution in [0.2, 0.25) is 0 Å². The number of nitrogens with two attached hydrogens (primary N) is 2. The number of nitrogens with one attached hydrogen (secondary N) is 4. The third kappa shape index (κ3) is 4.03. The number of benzene rings is 2. The van der Waals surface area contributed by atoms with E-state index in [9.17, 15) is 0 Å². The smallest absolute Gasteiger partial charge is 0.175 e. The summed E-state index contributed by atoms with van der Waals surface area (Å²) in [5.41, 5.74) is 13.7. The van der Waals surface area contributed by atoms with Gasteiger partial charge in [0.2, 0.25) is 0 Å². The summed E-state index contributed by atoms with van der Waals surface area (Å²) >= 11 is 5.23. The predicted octanol–water partition coefficient (Wildman–Crippen LogP) is 2.06. The molecule has 0 heterocycles. The molecule has 0 saturated carbocycles. The summed E-state index contributed by atoms with van der Waals surface area (Å²) in [4.78, 5) is 0. The monoisotopic (exact) mass is 312 g/mol. The quantitative estimate of drug-likeness (QED) is 0.293. The molecule has 0 fully saturated rings. The van der Waals surface area contributed by atoms with E-state index in [1.165, 1.54) is 0 Å². The van der Waals surface area contributed by atoms with Crippen molar-refractivity contribution in [2.75, 3.05) is 10.6 Å². The second kappa shape index (κ2) is 6.68. The Bertz CT molecular complexity index is 644. The molecule has 22 heavy (non-hydrogen) atoms. The number of hydrogen-bond acceptors (Lipinski definition) is 3. The third-order valence-corrected chi connectivity index (χ3v) is 3.11. The number of hydrogen-bond donors (Lipinski definition) is 6. The van der Waals surface area contributed by atoms with E-state index in [0.717, 1.165) is 11.4 Å². The highest BCUT2D eigenvalue weighted by molar-refractivity contribution is 7.80. The Hall–Kier alpha value is -2.93. The normalized spacial score (nSPS) is 9.82. The van der Waals surface area contributed by atoms with E-state index in [1.807, 2.05) is 0 Å². The minimum Gasteiger partial charge on any atom is -0.384 e. The number of rotatable bonds is 4. The maximum absolute atomic E-state index is 7.34. The summed E-state index contributed by atoms with van der Waals surface area (Å²) in [6.07, 6.45) is 0. The summed E-state index contributed by atoms with van der Waals surface area (Å²) in [6.45, 7) is 0. The summed E-state index contributed by atoms with van der Waals surface area (Å²) in [5.74, 6) is 0.0515. The molecule has 7 heteroatoms. The van der Waals surface area contributed by atoms with Gasteiger partial charge in [0.15, 0.2) is 5.11 Å². The van der Waals surface area contributed by atoms with Crippen molar-refractivity contribution in [2.24, 2.45) is 11.5 Å². The SMILES string of the molecule is N=C(N)c1ccc(NC(=S)Nc2ccc(C(=N)N)cc2)cc1. The van der Waals surface area contributed by atoms with Crippen molar-refractivity contribution in [3.63, 3.8) is 0 Å². The van der Waals surface area contributed by atoms with E-state index >= 15 is 0 Å². The molecular weight excluding hydrogens is 296 g/mol. The Morgan fingerprint density at radius 2 is 1.05 bits per heavy atom. The fourth-order valence-electron chi connectivity index (χ4n) is 1.76. The molecule has 8 N–H and O–H groups in total. The van der Waals surface area contributed by atoms with Crippen molar-refractivity contribution in [3.8, 4) is 0 Å². The van der Waals surface area contributed by atoms with Crippen molar-refractivity contribution >= 4 is 40.4 Å². The van der Waals surface area contributed by atoms with Crippen LogP contribution in [0.4, 0.5) is 11.4 Å². The van der Waals surface area contributed by atoms with Crippen LogP contribution >= 0.6 is 12.2 Å². The molecule has 6 nitrogen and oxygen atoms in total. The second-order valence-electron chi connectivity index (χ2n) is 4.56. The van der Waals surface area contributed by atoms with Crippen LogP contribution in [-0.4, -0.2) is 16.8 Å². The maximum Gasteiger partial charge on any atom is 0.175 e. The van der Waals surface area contributed by atoms with Gasteiger partial charge >= 0.3 is 0 Å². The molecule has 0 spiro atoms. The van der Waals surface area contributed by atoms with Gasteiger partial charge < -0.3 is 22.1 Å². The Balaban J connectivity index is 1.97. The number of thiocarbonyl (C=S) groups is 1. The molecule has 0 aromatic heterocycles. The van der Waals surface area contributed by atoms with E-state index in [0.29, 0.717) is 16.2 Å². The van der Waals surface area contributed by atoms with Crippen molar-refractivity contribution in [1.82, 2.24) is 0 Å². The third-order valence-electron chi connectivity index (χ3n) is 2.91. The first-order valence-electron chi connectivity index (χ1n) is 6.42. The Labute approximate surface area is 133 Å². The zero-order valence-electron chi connectivity index (χ0n) is 11.7. The highest BCUT2D eigenvalue weighted by Gasteiger charge is 2.01. The van der Waals surface area contributed by atoms with Crippen LogP contribution in [0.3, 0.4) is 0 Å². The molecule has 0 unspecified atom stereocenters. The van der Waals surface area contributed by atoms with E-state index in [-0.39, 0.29) is 11.7 Å². The van der Waals surface area contributed by atoms with Crippen molar-refractivity contribution < 1.29 is 0 Å². The fourth-order valence-corrected chi connectivity index (χ4v) is 2.00. The molecule has 0 aliphatic heterocycles. The first-order chi connectivity index (χ1) is 10.5. The molecule has 0 amide bonds. The van der Waals surface area contributed by atoms with Crippen molar-refractivity contribution in [1.29, 1.82) is 10.8 Å². The second-order valence-corrected chi connectivity index (χ2v) is 4.97. The van der Waals surface area contributed by atoms with Crippen LogP contribution < -0.4 is 22.1 Å². The topological polar surface area (TPSA) is 124 Å². The van der Waals surface area contributed by atoms with Gasteiger partial charge in [-0.3, -0.25) is 10.8 Å². The van der Waals surface area contributed by atoms with E-state index in [4.69, 9.17) is 34.5 Å². The molecule has 112 valence electrons. The minimum absolute atomic E-state index is 0.0258. The van der Waals surface area contributed by atoms with E-state index in [1.54, 1.807) is 48.5 Å². The van der Waals surface area contributed by atoms with Gasteiger partial charge in [-0.15, -0.1) is 0 Å². The largest absolute Gasteiger partial charge is 0.384 e. The lowest BCUT2D eigenvalue weighted by Crippen LogP contribution is -2.19. The summed E-state index contributed by atoms with van der Waals surface area (Å²) in [6, 6.07) is 14.2. The van der Waals surface area contributed by atoms with Gasteiger partial charge in [0, 0.05) is 22.5 Å². The van der Waals surface area contributed by atoms with Gasteiger partial charge in [-0.2, -0.15) is 0 Å². The predicted molar refractivity (Wildman–Crippen MR) is 94.8 cm³/mol. The minimum atomic E-state index is 0.0258. The number of anilines is 2. The summed E-state index contributed by atoms with van der Waals surface area (Å²) in [7, 11) is 0. The maximum atomic E-state index is 7.34. The Morgan fingerprint density at radius 1 is 0.727 bits per heavy atom. The summed E-state index contributed by atoms with van der Waals surface area (Å²) < 4.78 is 0. The lowest BCUT2D eigenvalue weighted by Gasteiger charge is -2.11. The first kappa shape index (κ1) is 15.5. The molecule has 0 saturated heterocycles. The number of amidine groups is 2. The average molecular weight is 312 g/mol. The first-order valence-corrected chi connectivity index (χ1v) is 6.83. The highest BCUT2D eigenvalue weighted by atomic mass is 32.1. The van der Waals surface area contributed by atoms with E-state index in [2.05, 4.69) is 10.6 Å². The van der Waals surface area contributed by atoms with Gasteiger partial charge in [0.25, 0.3) is 0 Å². The van der Waals surface area contributed by atoms with Crippen LogP contribution in [-0.2, 0) is 0 Å². The molecule has 0 radical (unpaired) electrons. The zero-order chi connectivity index (χ0) is 16.1. The standard InChI is InChI=1S/C15H16N6S/c16-13(17)9-1-5-11(6-2-9)20-15(22)21-12-7-3-10(4-8-12)14(18)19/h1-8H,(H3,16,17)(H3,18,19)(H2,20,21,22). The van der Waals surface area contributed by atoms with Gasteiger partial charge in [-0.25, -0.2) is 0 Å². The fraction of sp³-hybridized carbons (Fsp3) is 0. The average Bonchev–Trinajstić information content (AvgIpc) is 2.48. The lowest BCUT2D eigenvalue weighted by molar-refractivity contribution is 1.42. The molecular formula is C15H16N6S. The lowest BCUT2D eigenvalue weighted by atomic mass is 10.2. The molecule has 2 aromatic rings. The zero-order valence-corrected chi connectivity index (χ0v) is 12.5. The van der Waals surface area contributed by atoms with Crippen LogP contribution in [0.1, 0.15) is 11.1 Å². The molecule has 0 aliphatic carbocycles. The molecule has 2 rings (SSSR count). The van der Waals surface area contributed by atoms with Crippen LogP contribution in [0.5, 0.6) is 0 Å². The van der Waals surface area contributed by atoms with Crippen molar-refractivity contribution in [3.05, 3.63) is 59.7 Å². The van der Waals surface area contributed by atoms with Gasteiger partial charge in [-0.1, -0.05) is 0 Å². The Kier molecular flexibility index (Phi) is 4.70. The molecule has 2 aromatic carbocycles. The van der Waals surface area contributed by atoms with Crippen LogP contribution in [0.25, 0.3) is 0 Å². The molecule has 0 atom stereocenters. The van der Waals surface area contributed by atoms with Crippen LogP contribution in [0.15, 0.2) is 48.5 Å². The van der Waals surface area contributed by atoms with E-state index < -0.39 is 0 Å². The number of nitrogen functional groups attached to an aromatic ring is 2. The Morgan fingerprint density at radius 3 is 1.32 bits per heavy atom. The molecule has 0 bridgehead atoms. The molecule has 0 aliphatic rings. The van der Waals surface area contributed by atoms with Gasteiger partial charge in [0.05, 0.1) is 0 Å². The van der Waals surface area contributed by atoms with Crippen LogP contribution in [0, 0.1) is 10.8 Å².